The summed E-state index contributed by atoms with van der Waals surface area (Å²) in [4.78, 5) is 21.2. The molecule has 5 rings (SSSR count). The number of H-pyrrole nitrogens is 1. The van der Waals surface area contributed by atoms with Crippen LogP contribution in [0.25, 0.3) is 11.0 Å². The maximum atomic E-state index is 12.6. The van der Waals surface area contributed by atoms with Gasteiger partial charge in [-0.15, -0.1) is 0 Å². The van der Waals surface area contributed by atoms with Crippen LogP contribution in [0.1, 0.15) is 24.8 Å². The molecule has 3 heterocycles. The van der Waals surface area contributed by atoms with Crippen LogP contribution < -0.4 is 10.1 Å². The number of carbonyl (C=O) groups excluding carboxylic acids is 1. The van der Waals surface area contributed by atoms with Crippen LogP contribution in [-0.4, -0.2) is 69.7 Å². The van der Waals surface area contributed by atoms with Crippen molar-refractivity contribution in [2.45, 2.75) is 38.3 Å². The molecule has 0 radical (unpaired) electrons. The van der Waals surface area contributed by atoms with Gasteiger partial charge in [-0.05, 0) is 45.4 Å². The number of aromatic nitrogens is 3. The molecule has 8 heteroatoms. The number of anilines is 1. The zero-order valence-electron chi connectivity index (χ0n) is 19.1. The highest BCUT2D eigenvalue weighted by Gasteiger charge is 2.27. The standard InChI is InChI=1S/C25H30N6O2/c1-17-5-9-20(10-6-17)33-21-11-13-26-24-23(21)25(29-28-24)27-18-12-15-31(16-18)22(32)4-3-14-30(2)19-7-8-19/h3-6,9-11,13,18-19H,7-8,12,14-16H2,1-2H3,(H2,26,27,28,29)/b4-3+/t18-/m1/s1. The number of aryl methyl sites for hydroxylation is 1. The lowest BCUT2D eigenvalue weighted by molar-refractivity contribution is -0.125. The molecule has 2 aromatic heterocycles. The Hall–Kier alpha value is -3.39. The number of rotatable bonds is 8. The summed E-state index contributed by atoms with van der Waals surface area (Å²) in [7, 11) is 2.11. The van der Waals surface area contributed by atoms with E-state index < -0.39 is 0 Å². The predicted molar refractivity (Wildman–Crippen MR) is 129 cm³/mol. The summed E-state index contributed by atoms with van der Waals surface area (Å²) in [5.74, 6) is 2.22. The van der Waals surface area contributed by atoms with E-state index in [-0.39, 0.29) is 11.9 Å². The third kappa shape index (κ3) is 5.01. The van der Waals surface area contributed by atoms with E-state index >= 15 is 0 Å². The third-order valence-electron chi connectivity index (χ3n) is 6.34. The van der Waals surface area contributed by atoms with Crippen LogP contribution in [0.4, 0.5) is 5.82 Å². The van der Waals surface area contributed by atoms with Gasteiger partial charge >= 0.3 is 0 Å². The Morgan fingerprint density at radius 1 is 1.27 bits per heavy atom. The fourth-order valence-electron chi connectivity index (χ4n) is 4.21. The van der Waals surface area contributed by atoms with Gasteiger partial charge in [0.25, 0.3) is 0 Å². The second kappa shape index (κ2) is 9.23. The smallest absolute Gasteiger partial charge is 0.246 e. The summed E-state index contributed by atoms with van der Waals surface area (Å²) in [5, 5.41) is 11.7. The largest absolute Gasteiger partial charge is 0.456 e. The van der Waals surface area contributed by atoms with Gasteiger partial charge in [0.1, 0.15) is 16.9 Å². The van der Waals surface area contributed by atoms with Crippen molar-refractivity contribution in [3.63, 3.8) is 0 Å². The van der Waals surface area contributed by atoms with E-state index in [1.807, 2.05) is 48.2 Å². The first-order valence-electron chi connectivity index (χ1n) is 11.6. The molecule has 2 fully saturated rings. The second-order valence-corrected chi connectivity index (χ2v) is 9.01. The maximum Gasteiger partial charge on any atom is 0.246 e. The molecule has 2 N–H and O–H groups in total. The van der Waals surface area contributed by atoms with E-state index in [0.29, 0.717) is 29.8 Å². The minimum atomic E-state index is 0.0699. The monoisotopic (exact) mass is 446 g/mol. The summed E-state index contributed by atoms with van der Waals surface area (Å²) in [5.41, 5.74) is 1.84. The number of hydrogen-bond donors (Lipinski definition) is 2. The quantitative estimate of drug-likeness (QED) is 0.513. The number of pyridine rings is 1. The number of carbonyl (C=O) groups is 1. The van der Waals surface area contributed by atoms with Gasteiger partial charge in [-0.2, -0.15) is 5.10 Å². The lowest BCUT2D eigenvalue weighted by Crippen LogP contribution is -2.30. The highest BCUT2D eigenvalue weighted by atomic mass is 16.5. The lowest BCUT2D eigenvalue weighted by Gasteiger charge is -2.16. The Labute approximate surface area is 193 Å². The minimum Gasteiger partial charge on any atom is -0.456 e. The molecule has 0 unspecified atom stereocenters. The highest BCUT2D eigenvalue weighted by Crippen LogP contribution is 2.33. The Morgan fingerprint density at radius 2 is 2.09 bits per heavy atom. The average Bonchev–Trinajstić information content (AvgIpc) is 3.43. The minimum absolute atomic E-state index is 0.0699. The molecule has 0 bridgehead atoms. The molecule has 1 aliphatic heterocycles. The fourth-order valence-corrected chi connectivity index (χ4v) is 4.21. The third-order valence-corrected chi connectivity index (χ3v) is 6.34. The van der Waals surface area contributed by atoms with Crippen molar-refractivity contribution in [1.82, 2.24) is 25.0 Å². The van der Waals surface area contributed by atoms with Gasteiger partial charge in [0.15, 0.2) is 11.5 Å². The zero-order valence-corrected chi connectivity index (χ0v) is 19.1. The van der Waals surface area contributed by atoms with Crippen LogP contribution in [0.3, 0.4) is 0 Å². The van der Waals surface area contributed by atoms with Gasteiger partial charge < -0.3 is 15.0 Å². The molecular weight excluding hydrogens is 416 g/mol. The topological polar surface area (TPSA) is 86.4 Å². The predicted octanol–water partition coefficient (Wildman–Crippen LogP) is 3.72. The molecule has 172 valence electrons. The van der Waals surface area contributed by atoms with Crippen molar-refractivity contribution < 1.29 is 9.53 Å². The highest BCUT2D eigenvalue weighted by molar-refractivity contribution is 5.93. The van der Waals surface area contributed by atoms with Crippen molar-refractivity contribution in [2.75, 3.05) is 32.0 Å². The van der Waals surface area contributed by atoms with Crippen molar-refractivity contribution >= 4 is 22.8 Å². The number of hydrogen-bond acceptors (Lipinski definition) is 6. The lowest BCUT2D eigenvalue weighted by atomic mass is 10.2. The SMILES string of the molecule is Cc1ccc(Oc2ccnc3[nH]nc(N[C@@H]4CCN(C(=O)/C=C/CN(C)C5CC5)C4)c23)cc1. The molecule has 1 atom stereocenters. The molecule has 1 aliphatic carbocycles. The van der Waals surface area contributed by atoms with E-state index in [1.165, 1.54) is 18.4 Å². The van der Waals surface area contributed by atoms with Gasteiger partial charge in [-0.1, -0.05) is 23.8 Å². The van der Waals surface area contributed by atoms with E-state index in [2.05, 4.69) is 32.4 Å². The molecule has 33 heavy (non-hydrogen) atoms. The van der Waals surface area contributed by atoms with Gasteiger partial charge in [-0.3, -0.25) is 14.8 Å². The molecule has 0 spiro atoms. The summed E-state index contributed by atoms with van der Waals surface area (Å²) < 4.78 is 6.14. The van der Waals surface area contributed by atoms with Crippen molar-refractivity contribution in [1.29, 1.82) is 0 Å². The summed E-state index contributed by atoms with van der Waals surface area (Å²) in [6.07, 6.45) is 8.80. The Morgan fingerprint density at radius 3 is 2.88 bits per heavy atom. The molecular formula is C25H30N6O2. The maximum absolute atomic E-state index is 12.6. The number of aromatic amines is 1. The summed E-state index contributed by atoms with van der Waals surface area (Å²) in [6, 6.07) is 10.6. The first-order valence-corrected chi connectivity index (χ1v) is 11.6. The number of benzene rings is 1. The molecule has 3 aromatic rings. The average molecular weight is 447 g/mol. The van der Waals surface area contributed by atoms with Crippen LogP contribution in [0.5, 0.6) is 11.5 Å². The number of fused-ring (bicyclic) bond motifs is 1. The van der Waals surface area contributed by atoms with Crippen molar-refractivity contribution in [2.24, 2.45) is 0 Å². The Balaban J connectivity index is 1.23. The first kappa shape index (κ1) is 21.5. The van der Waals surface area contributed by atoms with Gasteiger partial charge in [-0.25, -0.2) is 4.98 Å². The van der Waals surface area contributed by atoms with Crippen LogP contribution in [0, 0.1) is 6.92 Å². The van der Waals surface area contributed by atoms with Crippen LogP contribution in [-0.2, 0) is 4.79 Å². The number of nitrogens with zero attached hydrogens (tertiary/aromatic N) is 4. The Kier molecular flexibility index (Phi) is 6.00. The molecule has 1 amide bonds. The van der Waals surface area contributed by atoms with Crippen molar-refractivity contribution in [3.05, 3.63) is 54.2 Å². The molecule has 1 aromatic carbocycles. The van der Waals surface area contributed by atoms with E-state index in [0.717, 1.165) is 30.6 Å². The van der Waals surface area contributed by atoms with Gasteiger partial charge in [0, 0.05) is 50.1 Å². The molecule has 1 saturated carbocycles. The molecule has 2 aliphatic rings. The van der Waals surface area contributed by atoms with Gasteiger partial charge in [0.05, 0.1) is 0 Å². The van der Waals surface area contributed by atoms with E-state index in [9.17, 15) is 4.79 Å². The number of likely N-dealkylation sites (N-methyl/N-ethyl adjacent to an activating group) is 1. The van der Waals surface area contributed by atoms with Crippen molar-refractivity contribution in [3.8, 4) is 11.5 Å². The number of ether oxygens (including phenoxy) is 1. The number of amides is 1. The number of likely N-dealkylation sites (tertiary alicyclic amines) is 1. The normalized spacial score (nSPS) is 18.5. The Bertz CT molecular complexity index is 1150. The molecule has 8 nitrogen and oxygen atoms in total. The summed E-state index contributed by atoms with van der Waals surface area (Å²) >= 11 is 0. The number of nitrogens with one attached hydrogen (secondary N) is 2. The summed E-state index contributed by atoms with van der Waals surface area (Å²) in [6.45, 7) is 4.24. The first-order chi connectivity index (χ1) is 16.1. The zero-order chi connectivity index (χ0) is 22.8. The molecule has 1 saturated heterocycles. The van der Waals surface area contributed by atoms with Crippen LogP contribution in [0.15, 0.2) is 48.7 Å². The van der Waals surface area contributed by atoms with E-state index in [4.69, 9.17) is 4.74 Å². The van der Waals surface area contributed by atoms with Crippen LogP contribution in [0.2, 0.25) is 0 Å². The van der Waals surface area contributed by atoms with Gasteiger partial charge in [0.2, 0.25) is 5.91 Å². The van der Waals surface area contributed by atoms with E-state index in [1.54, 1.807) is 12.3 Å². The van der Waals surface area contributed by atoms with Crippen LogP contribution >= 0.6 is 0 Å². The second-order valence-electron chi connectivity index (χ2n) is 9.01. The fraction of sp³-hybridized carbons (Fsp3) is 0.400.